The zero-order valence-electron chi connectivity index (χ0n) is 7.93. The molecule has 0 spiro atoms. The van der Waals surface area contributed by atoms with E-state index in [1.807, 2.05) is 19.2 Å². The van der Waals surface area contributed by atoms with Gasteiger partial charge in [-0.1, -0.05) is 22.0 Å². The van der Waals surface area contributed by atoms with E-state index in [1.54, 1.807) is 7.11 Å². The molecule has 3 heteroatoms. The third kappa shape index (κ3) is 3.01. The molecule has 13 heavy (non-hydrogen) atoms. The van der Waals surface area contributed by atoms with Gasteiger partial charge in [-0.25, -0.2) is 0 Å². The maximum atomic E-state index is 5.27. The lowest BCUT2D eigenvalue weighted by Gasteiger charge is -2.08. The number of rotatable bonds is 4. The van der Waals surface area contributed by atoms with Gasteiger partial charge in [0.15, 0.2) is 0 Å². The summed E-state index contributed by atoms with van der Waals surface area (Å²) in [6.07, 6.45) is 0.993. The SMILES string of the molecule is CNCCc1ccc(Br)cc1OC. The van der Waals surface area contributed by atoms with Crippen molar-refractivity contribution in [2.24, 2.45) is 0 Å². The first-order valence-corrected chi connectivity index (χ1v) is 5.04. The molecule has 0 aliphatic carbocycles. The average Bonchev–Trinajstić information content (AvgIpc) is 2.16. The third-order valence-corrected chi connectivity index (χ3v) is 2.39. The number of hydrogen-bond donors (Lipinski definition) is 1. The number of likely N-dealkylation sites (N-methyl/N-ethyl adjacent to an activating group) is 1. The molecular weight excluding hydrogens is 230 g/mol. The van der Waals surface area contributed by atoms with Crippen LogP contribution in [0.4, 0.5) is 0 Å². The molecule has 0 fully saturated rings. The maximum Gasteiger partial charge on any atom is 0.123 e. The molecule has 1 aromatic rings. The number of ether oxygens (including phenoxy) is 1. The van der Waals surface area contributed by atoms with E-state index in [0.717, 1.165) is 23.2 Å². The first-order chi connectivity index (χ1) is 6.27. The fourth-order valence-electron chi connectivity index (χ4n) is 1.18. The van der Waals surface area contributed by atoms with Crippen LogP contribution in [0.2, 0.25) is 0 Å². The van der Waals surface area contributed by atoms with Gasteiger partial charge in [-0.05, 0) is 37.7 Å². The highest BCUT2D eigenvalue weighted by molar-refractivity contribution is 9.10. The van der Waals surface area contributed by atoms with Crippen LogP contribution in [-0.4, -0.2) is 20.7 Å². The molecule has 1 N–H and O–H groups in total. The van der Waals surface area contributed by atoms with E-state index in [4.69, 9.17) is 4.74 Å². The smallest absolute Gasteiger partial charge is 0.123 e. The van der Waals surface area contributed by atoms with Crippen LogP contribution in [0.25, 0.3) is 0 Å². The molecule has 0 aliphatic rings. The molecule has 0 aromatic heterocycles. The second-order valence-corrected chi connectivity index (χ2v) is 3.73. The monoisotopic (exact) mass is 243 g/mol. The summed E-state index contributed by atoms with van der Waals surface area (Å²) in [5.41, 5.74) is 1.24. The highest BCUT2D eigenvalue weighted by atomic mass is 79.9. The number of nitrogens with one attached hydrogen (secondary N) is 1. The van der Waals surface area contributed by atoms with Gasteiger partial charge in [0.2, 0.25) is 0 Å². The van der Waals surface area contributed by atoms with Gasteiger partial charge in [0.1, 0.15) is 5.75 Å². The van der Waals surface area contributed by atoms with Crippen LogP contribution in [0.1, 0.15) is 5.56 Å². The van der Waals surface area contributed by atoms with Gasteiger partial charge in [0.05, 0.1) is 7.11 Å². The summed E-state index contributed by atoms with van der Waals surface area (Å²) in [6, 6.07) is 6.11. The van der Waals surface area contributed by atoms with Crippen LogP contribution < -0.4 is 10.1 Å². The van der Waals surface area contributed by atoms with E-state index < -0.39 is 0 Å². The Kier molecular flexibility index (Phi) is 4.25. The van der Waals surface area contributed by atoms with Gasteiger partial charge in [-0.15, -0.1) is 0 Å². The number of methoxy groups -OCH3 is 1. The van der Waals surface area contributed by atoms with Gasteiger partial charge >= 0.3 is 0 Å². The number of benzene rings is 1. The topological polar surface area (TPSA) is 21.3 Å². The van der Waals surface area contributed by atoms with Crippen molar-refractivity contribution in [1.82, 2.24) is 5.32 Å². The van der Waals surface area contributed by atoms with Crippen LogP contribution >= 0.6 is 15.9 Å². The quantitative estimate of drug-likeness (QED) is 0.876. The first kappa shape index (κ1) is 10.5. The Balaban J connectivity index is 2.79. The second kappa shape index (κ2) is 5.25. The largest absolute Gasteiger partial charge is 0.496 e. The molecule has 1 aromatic carbocycles. The summed E-state index contributed by atoms with van der Waals surface area (Å²) in [5, 5.41) is 3.11. The summed E-state index contributed by atoms with van der Waals surface area (Å²) >= 11 is 3.41. The molecule has 0 atom stereocenters. The van der Waals surface area contributed by atoms with Crippen molar-refractivity contribution in [1.29, 1.82) is 0 Å². The third-order valence-electron chi connectivity index (χ3n) is 1.89. The molecule has 0 radical (unpaired) electrons. The zero-order chi connectivity index (χ0) is 9.68. The van der Waals surface area contributed by atoms with Crippen molar-refractivity contribution in [3.63, 3.8) is 0 Å². The summed E-state index contributed by atoms with van der Waals surface area (Å²) in [7, 11) is 3.65. The predicted molar refractivity (Wildman–Crippen MR) is 58.3 cm³/mol. The molecular formula is C10H14BrNO. The molecule has 2 nitrogen and oxygen atoms in total. The van der Waals surface area contributed by atoms with Crippen LogP contribution in [0.5, 0.6) is 5.75 Å². The molecule has 0 bridgehead atoms. The number of halogens is 1. The standard InChI is InChI=1S/C10H14BrNO/c1-12-6-5-8-3-4-9(11)7-10(8)13-2/h3-4,7,12H,5-6H2,1-2H3. The van der Waals surface area contributed by atoms with Crippen LogP contribution in [0, 0.1) is 0 Å². The summed E-state index contributed by atoms with van der Waals surface area (Å²) < 4.78 is 6.32. The molecule has 0 saturated heterocycles. The van der Waals surface area contributed by atoms with Gasteiger partial charge in [-0.2, -0.15) is 0 Å². The molecule has 0 aliphatic heterocycles. The van der Waals surface area contributed by atoms with Gasteiger partial charge in [-0.3, -0.25) is 0 Å². The van der Waals surface area contributed by atoms with E-state index in [1.165, 1.54) is 5.56 Å². The van der Waals surface area contributed by atoms with Crippen molar-refractivity contribution < 1.29 is 4.74 Å². The fourth-order valence-corrected chi connectivity index (χ4v) is 1.52. The Hall–Kier alpha value is -0.540. The van der Waals surface area contributed by atoms with Crippen LogP contribution in [0.15, 0.2) is 22.7 Å². The van der Waals surface area contributed by atoms with E-state index in [0.29, 0.717) is 0 Å². The Morgan fingerprint density at radius 1 is 1.46 bits per heavy atom. The van der Waals surface area contributed by atoms with Crippen molar-refractivity contribution in [3.05, 3.63) is 28.2 Å². The minimum absolute atomic E-state index is 0.949. The van der Waals surface area contributed by atoms with E-state index in [-0.39, 0.29) is 0 Å². The molecule has 0 heterocycles. The van der Waals surface area contributed by atoms with Gasteiger partial charge in [0.25, 0.3) is 0 Å². The normalized spacial score (nSPS) is 10.1. The molecule has 1 rings (SSSR count). The molecule has 0 unspecified atom stereocenters. The maximum absolute atomic E-state index is 5.27. The zero-order valence-corrected chi connectivity index (χ0v) is 9.52. The Morgan fingerprint density at radius 3 is 2.85 bits per heavy atom. The van der Waals surface area contributed by atoms with Crippen molar-refractivity contribution >= 4 is 15.9 Å². The molecule has 0 amide bonds. The summed E-state index contributed by atoms with van der Waals surface area (Å²) in [4.78, 5) is 0. The fraction of sp³-hybridized carbons (Fsp3) is 0.400. The highest BCUT2D eigenvalue weighted by Crippen LogP contribution is 2.23. The first-order valence-electron chi connectivity index (χ1n) is 4.25. The van der Waals surface area contributed by atoms with Crippen molar-refractivity contribution in [2.45, 2.75) is 6.42 Å². The summed E-state index contributed by atoms with van der Waals surface area (Å²) in [6.45, 7) is 0.970. The predicted octanol–water partition coefficient (Wildman–Crippen LogP) is 2.22. The second-order valence-electron chi connectivity index (χ2n) is 2.81. The lowest BCUT2D eigenvalue weighted by atomic mass is 10.1. The van der Waals surface area contributed by atoms with Crippen LogP contribution in [0.3, 0.4) is 0 Å². The van der Waals surface area contributed by atoms with Crippen molar-refractivity contribution in [3.8, 4) is 5.75 Å². The van der Waals surface area contributed by atoms with E-state index in [9.17, 15) is 0 Å². The van der Waals surface area contributed by atoms with Crippen molar-refractivity contribution in [2.75, 3.05) is 20.7 Å². The molecule has 72 valence electrons. The van der Waals surface area contributed by atoms with E-state index in [2.05, 4.69) is 27.3 Å². The lowest BCUT2D eigenvalue weighted by Crippen LogP contribution is -2.10. The summed E-state index contributed by atoms with van der Waals surface area (Å²) in [5.74, 6) is 0.949. The van der Waals surface area contributed by atoms with Crippen LogP contribution in [-0.2, 0) is 6.42 Å². The lowest BCUT2D eigenvalue weighted by molar-refractivity contribution is 0.409. The van der Waals surface area contributed by atoms with E-state index >= 15 is 0 Å². The Labute approximate surface area is 87.4 Å². The highest BCUT2D eigenvalue weighted by Gasteiger charge is 2.02. The van der Waals surface area contributed by atoms with Gasteiger partial charge in [0, 0.05) is 4.47 Å². The Bertz CT molecular complexity index is 276. The minimum atomic E-state index is 0.949. The molecule has 0 saturated carbocycles. The average molecular weight is 244 g/mol. The Morgan fingerprint density at radius 2 is 2.23 bits per heavy atom. The minimum Gasteiger partial charge on any atom is -0.496 e. The number of hydrogen-bond acceptors (Lipinski definition) is 2. The van der Waals surface area contributed by atoms with Gasteiger partial charge < -0.3 is 10.1 Å².